The fourth-order valence-electron chi connectivity index (χ4n) is 2.14. The summed E-state index contributed by atoms with van der Waals surface area (Å²) in [5.41, 5.74) is 1.15. The standard InChI is InChI=1S/C13H19ClN2O/c1-17-11-10-15-6-8-16(9-7-15)13-5-3-2-4-12(13)14/h2-5H,6-11H2,1H3. The molecule has 0 aliphatic carbocycles. The molecule has 1 saturated heterocycles. The number of halogens is 1. The Morgan fingerprint density at radius 2 is 1.88 bits per heavy atom. The van der Waals surface area contributed by atoms with E-state index in [1.807, 2.05) is 18.2 Å². The second kappa shape index (κ2) is 6.24. The fraction of sp³-hybridized carbons (Fsp3) is 0.538. The molecule has 0 bridgehead atoms. The van der Waals surface area contributed by atoms with Gasteiger partial charge in [-0.2, -0.15) is 0 Å². The number of anilines is 1. The predicted octanol–water partition coefficient (Wildman–Crippen LogP) is 2.11. The van der Waals surface area contributed by atoms with Gasteiger partial charge in [-0.25, -0.2) is 0 Å². The van der Waals surface area contributed by atoms with Crippen molar-refractivity contribution in [3.8, 4) is 0 Å². The number of hydrogen-bond donors (Lipinski definition) is 0. The Balaban J connectivity index is 1.89. The van der Waals surface area contributed by atoms with Gasteiger partial charge in [0, 0.05) is 39.8 Å². The normalized spacial score (nSPS) is 17.4. The first kappa shape index (κ1) is 12.7. The van der Waals surface area contributed by atoms with Crippen LogP contribution in [-0.2, 0) is 4.74 Å². The highest BCUT2D eigenvalue weighted by Crippen LogP contribution is 2.25. The molecule has 1 heterocycles. The molecule has 1 aliphatic rings. The molecule has 1 aromatic carbocycles. The third-order valence-electron chi connectivity index (χ3n) is 3.18. The summed E-state index contributed by atoms with van der Waals surface area (Å²) in [6.45, 7) is 6.06. The van der Waals surface area contributed by atoms with Crippen LogP contribution in [0.15, 0.2) is 24.3 Å². The Labute approximate surface area is 108 Å². The van der Waals surface area contributed by atoms with Gasteiger partial charge in [-0.05, 0) is 12.1 Å². The van der Waals surface area contributed by atoms with Crippen molar-refractivity contribution >= 4 is 17.3 Å². The van der Waals surface area contributed by atoms with Crippen molar-refractivity contribution in [3.63, 3.8) is 0 Å². The molecule has 1 aliphatic heterocycles. The van der Waals surface area contributed by atoms with Crippen molar-refractivity contribution in [2.24, 2.45) is 0 Å². The first-order valence-electron chi connectivity index (χ1n) is 6.02. The van der Waals surface area contributed by atoms with Crippen LogP contribution in [0, 0.1) is 0 Å². The lowest BCUT2D eigenvalue weighted by molar-refractivity contribution is 0.144. The summed E-state index contributed by atoms with van der Waals surface area (Å²) < 4.78 is 5.10. The van der Waals surface area contributed by atoms with Crippen LogP contribution in [0.5, 0.6) is 0 Å². The predicted molar refractivity (Wildman–Crippen MR) is 72.0 cm³/mol. The number of nitrogens with zero attached hydrogens (tertiary/aromatic N) is 2. The number of para-hydroxylation sites is 1. The number of benzene rings is 1. The van der Waals surface area contributed by atoms with Crippen molar-refractivity contribution in [2.45, 2.75) is 0 Å². The number of methoxy groups -OCH3 is 1. The minimum Gasteiger partial charge on any atom is -0.383 e. The maximum absolute atomic E-state index is 6.20. The topological polar surface area (TPSA) is 15.7 Å². The van der Waals surface area contributed by atoms with Gasteiger partial charge >= 0.3 is 0 Å². The van der Waals surface area contributed by atoms with Crippen LogP contribution in [0.1, 0.15) is 0 Å². The lowest BCUT2D eigenvalue weighted by Gasteiger charge is -2.36. The molecule has 4 heteroatoms. The summed E-state index contributed by atoms with van der Waals surface area (Å²) in [5.74, 6) is 0. The number of ether oxygens (including phenoxy) is 1. The Morgan fingerprint density at radius 1 is 1.18 bits per heavy atom. The molecule has 0 spiro atoms. The summed E-state index contributed by atoms with van der Waals surface area (Å²) in [5, 5.41) is 0.845. The SMILES string of the molecule is COCCN1CCN(c2ccccc2Cl)CC1. The minimum absolute atomic E-state index is 0.812. The van der Waals surface area contributed by atoms with Crippen LogP contribution in [0.25, 0.3) is 0 Å². The van der Waals surface area contributed by atoms with Crippen molar-refractivity contribution in [1.82, 2.24) is 4.90 Å². The van der Waals surface area contributed by atoms with Crippen LogP contribution in [0.2, 0.25) is 5.02 Å². The highest BCUT2D eigenvalue weighted by Gasteiger charge is 2.17. The number of hydrogen-bond acceptors (Lipinski definition) is 3. The first-order chi connectivity index (χ1) is 8.31. The molecule has 1 fully saturated rings. The zero-order valence-electron chi connectivity index (χ0n) is 10.2. The van der Waals surface area contributed by atoms with E-state index in [4.69, 9.17) is 16.3 Å². The quantitative estimate of drug-likeness (QED) is 0.819. The van der Waals surface area contributed by atoms with E-state index in [0.717, 1.165) is 50.0 Å². The molecule has 17 heavy (non-hydrogen) atoms. The lowest BCUT2D eigenvalue weighted by atomic mass is 10.2. The van der Waals surface area contributed by atoms with E-state index in [-0.39, 0.29) is 0 Å². The summed E-state index contributed by atoms with van der Waals surface area (Å²) in [6.07, 6.45) is 0. The van der Waals surface area contributed by atoms with Gasteiger partial charge < -0.3 is 9.64 Å². The molecule has 0 aromatic heterocycles. The lowest BCUT2D eigenvalue weighted by Crippen LogP contribution is -2.47. The van der Waals surface area contributed by atoms with Gasteiger partial charge in [0.25, 0.3) is 0 Å². The molecule has 2 rings (SSSR count). The molecule has 0 atom stereocenters. The van der Waals surface area contributed by atoms with E-state index in [1.54, 1.807) is 7.11 Å². The minimum atomic E-state index is 0.812. The van der Waals surface area contributed by atoms with E-state index >= 15 is 0 Å². The highest BCUT2D eigenvalue weighted by atomic mass is 35.5. The summed E-state index contributed by atoms with van der Waals surface area (Å²) in [7, 11) is 1.75. The van der Waals surface area contributed by atoms with Crippen LogP contribution in [0.3, 0.4) is 0 Å². The third kappa shape index (κ3) is 3.35. The van der Waals surface area contributed by atoms with E-state index < -0.39 is 0 Å². The van der Waals surface area contributed by atoms with E-state index in [1.165, 1.54) is 0 Å². The van der Waals surface area contributed by atoms with Crippen molar-refractivity contribution < 1.29 is 4.74 Å². The Morgan fingerprint density at radius 3 is 2.53 bits per heavy atom. The molecule has 0 radical (unpaired) electrons. The number of piperazine rings is 1. The summed E-state index contributed by atoms with van der Waals surface area (Å²) in [6, 6.07) is 8.06. The van der Waals surface area contributed by atoms with Crippen molar-refractivity contribution in [1.29, 1.82) is 0 Å². The summed E-state index contributed by atoms with van der Waals surface area (Å²) >= 11 is 6.20. The number of rotatable bonds is 4. The zero-order valence-corrected chi connectivity index (χ0v) is 11.0. The zero-order chi connectivity index (χ0) is 12.1. The molecular weight excluding hydrogens is 236 g/mol. The van der Waals surface area contributed by atoms with Crippen LogP contribution in [0.4, 0.5) is 5.69 Å². The van der Waals surface area contributed by atoms with Gasteiger partial charge in [0.1, 0.15) is 0 Å². The fourth-order valence-corrected chi connectivity index (χ4v) is 2.40. The maximum Gasteiger partial charge on any atom is 0.0639 e. The average Bonchev–Trinajstić information content (AvgIpc) is 2.38. The van der Waals surface area contributed by atoms with Gasteiger partial charge in [-0.15, -0.1) is 0 Å². The molecule has 1 aromatic rings. The van der Waals surface area contributed by atoms with Crippen LogP contribution >= 0.6 is 11.6 Å². The highest BCUT2D eigenvalue weighted by molar-refractivity contribution is 6.33. The van der Waals surface area contributed by atoms with Gasteiger partial charge in [0.15, 0.2) is 0 Å². The Bertz CT molecular complexity index is 351. The average molecular weight is 255 g/mol. The van der Waals surface area contributed by atoms with Crippen molar-refractivity contribution in [2.75, 3.05) is 51.3 Å². The van der Waals surface area contributed by atoms with Crippen molar-refractivity contribution in [3.05, 3.63) is 29.3 Å². The monoisotopic (exact) mass is 254 g/mol. The molecule has 0 unspecified atom stereocenters. The van der Waals surface area contributed by atoms with Crippen LogP contribution < -0.4 is 4.90 Å². The van der Waals surface area contributed by atoms with Gasteiger partial charge in [0.05, 0.1) is 17.3 Å². The van der Waals surface area contributed by atoms with Crippen LogP contribution in [-0.4, -0.2) is 51.3 Å². The van der Waals surface area contributed by atoms with Gasteiger partial charge in [-0.1, -0.05) is 23.7 Å². The molecule has 0 N–H and O–H groups in total. The van der Waals surface area contributed by atoms with Gasteiger partial charge in [-0.3, -0.25) is 4.90 Å². The van der Waals surface area contributed by atoms with E-state index in [9.17, 15) is 0 Å². The van der Waals surface area contributed by atoms with E-state index in [2.05, 4.69) is 15.9 Å². The molecular formula is C13H19ClN2O. The maximum atomic E-state index is 6.20. The molecule has 0 amide bonds. The second-order valence-corrected chi connectivity index (χ2v) is 4.68. The third-order valence-corrected chi connectivity index (χ3v) is 3.50. The smallest absolute Gasteiger partial charge is 0.0639 e. The Kier molecular flexibility index (Phi) is 4.66. The van der Waals surface area contributed by atoms with E-state index in [0.29, 0.717) is 0 Å². The molecule has 0 saturated carbocycles. The molecule has 3 nitrogen and oxygen atoms in total. The summed E-state index contributed by atoms with van der Waals surface area (Å²) in [4.78, 5) is 4.78. The second-order valence-electron chi connectivity index (χ2n) is 4.27. The Hall–Kier alpha value is -0.770. The first-order valence-corrected chi connectivity index (χ1v) is 6.40. The largest absolute Gasteiger partial charge is 0.383 e. The van der Waals surface area contributed by atoms with Gasteiger partial charge in [0.2, 0.25) is 0 Å². The molecule has 94 valence electrons.